The van der Waals surface area contributed by atoms with Crippen molar-refractivity contribution in [1.29, 1.82) is 0 Å². The number of ether oxygens (including phenoxy) is 2. The smallest absolute Gasteiger partial charge is 0.190 e. The standard InChI is InChI=1S/C22H35N5O2.HI/c1-7-29-21-15-18(10-11-20(21)28-6)9-8-13-24-22(23-4)25-14-12-19-16(2)26-27(5)17(19)3;/h10-11,15H,7-9,12-14H2,1-6H3,(H2,23,24,25);1H. The number of aromatic nitrogens is 2. The van der Waals surface area contributed by atoms with Crippen LogP contribution < -0.4 is 20.1 Å². The summed E-state index contributed by atoms with van der Waals surface area (Å²) in [6.07, 6.45) is 2.89. The van der Waals surface area contributed by atoms with Crippen molar-refractivity contribution < 1.29 is 9.47 Å². The van der Waals surface area contributed by atoms with Crippen molar-refractivity contribution in [3.63, 3.8) is 0 Å². The number of benzene rings is 1. The number of guanidine groups is 1. The molecule has 2 N–H and O–H groups in total. The van der Waals surface area contributed by atoms with Crippen molar-refractivity contribution in [3.8, 4) is 11.5 Å². The van der Waals surface area contributed by atoms with Crippen molar-refractivity contribution in [2.45, 2.75) is 40.0 Å². The highest BCUT2D eigenvalue weighted by molar-refractivity contribution is 14.0. The third-order valence-corrected chi connectivity index (χ3v) is 5.01. The molecule has 0 aliphatic rings. The molecule has 168 valence electrons. The van der Waals surface area contributed by atoms with Gasteiger partial charge in [-0.25, -0.2) is 0 Å². The maximum absolute atomic E-state index is 5.65. The van der Waals surface area contributed by atoms with Crippen LogP contribution in [0.3, 0.4) is 0 Å². The Labute approximate surface area is 197 Å². The lowest BCUT2D eigenvalue weighted by molar-refractivity contribution is 0.310. The van der Waals surface area contributed by atoms with E-state index in [9.17, 15) is 0 Å². The summed E-state index contributed by atoms with van der Waals surface area (Å²) in [6, 6.07) is 6.12. The van der Waals surface area contributed by atoms with Gasteiger partial charge in [-0.3, -0.25) is 9.67 Å². The first kappa shape index (κ1) is 26.1. The average molecular weight is 529 g/mol. The number of aliphatic imine (C=N–C) groups is 1. The Morgan fingerprint density at radius 1 is 1.13 bits per heavy atom. The Hall–Kier alpha value is -1.97. The first-order chi connectivity index (χ1) is 14.0. The number of halogens is 1. The number of rotatable bonds is 10. The molecule has 0 saturated heterocycles. The van der Waals surface area contributed by atoms with Gasteiger partial charge in [-0.2, -0.15) is 5.10 Å². The van der Waals surface area contributed by atoms with Crippen molar-refractivity contribution >= 4 is 29.9 Å². The van der Waals surface area contributed by atoms with Gasteiger partial charge in [-0.1, -0.05) is 6.07 Å². The van der Waals surface area contributed by atoms with Crippen LogP contribution >= 0.6 is 24.0 Å². The Bertz CT molecular complexity index is 820. The van der Waals surface area contributed by atoms with E-state index in [1.54, 1.807) is 14.2 Å². The van der Waals surface area contributed by atoms with Crippen molar-refractivity contribution in [1.82, 2.24) is 20.4 Å². The number of hydrogen-bond donors (Lipinski definition) is 2. The summed E-state index contributed by atoms with van der Waals surface area (Å²) in [5, 5.41) is 11.2. The minimum Gasteiger partial charge on any atom is -0.493 e. The van der Waals surface area contributed by atoms with Gasteiger partial charge in [0.25, 0.3) is 0 Å². The highest BCUT2D eigenvalue weighted by Crippen LogP contribution is 2.28. The van der Waals surface area contributed by atoms with Gasteiger partial charge < -0.3 is 20.1 Å². The van der Waals surface area contributed by atoms with E-state index < -0.39 is 0 Å². The lowest BCUT2D eigenvalue weighted by Crippen LogP contribution is -2.38. The van der Waals surface area contributed by atoms with Gasteiger partial charge in [0, 0.05) is 32.9 Å². The van der Waals surface area contributed by atoms with Crippen molar-refractivity contribution in [2.75, 3.05) is 33.9 Å². The van der Waals surface area contributed by atoms with E-state index >= 15 is 0 Å². The topological polar surface area (TPSA) is 72.7 Å². The number of methoxy groups -OCH3 is 1. The molecule has 8 heteroatoms. The molecule has 30 heavy (non-hydrogen) atoms. The van der Waals surface area contributed by atoms with E-state index in [4.69, 9.17) is 9.47 Å². The number of hydrogen-bond acceptors (Lipinski definition) is 4. The van der Waals surface area contributed by atoms with Crippen LogP contribution in [0.15, 0.2) is 23.2 Å². The van der Waals surface area contributed by atoms with Crippen LogP contribution in [0.25, 0.3) is 0 Å². The number of nitrogens with zero attached hydrogens (tertiary/aromatic N) is 3. The minimum atomic E-state index is 0. The van der Waals surface area contributed by atoms with Gasteiger partial charge in [0.1, 0.15) is 0 Å². The van der Waals surface area contributed by atoms with Gasteiger partial charge in [0.05, 0.1) is 19.4 Å². The molecule has 1 aromatic carbocycles. The third-order valence-electron chi connectivity index (χ3n) is 5.01. The number of aryl methyl sites for hydroxylation is 3. The first-order valence-corrected chi connectivity index (χ1v) is 10.2. The monoisotopic (exact) mass is 529 g/mol. The lowest BCUT2D eigenvalue weighted by Gasteiger charge is -2.13. The van der Waals surface area contributed by atoms with Gasteiger partial charge in [0.15, 0.2) is 17.5 Å². The number of nitrogens with one attached hydrogen (secondary N) is 2. The Morgan fingerprint density at radius 2 is 1.87 bits per heavy atom. The zero-order valence-electron chi connectivity index (χ0n) is 19.0. The average Bonchev–Trinajstić information content (AvgIpc) is 2.96. The molecule has 0 radical (unpaired) electrons. The zero-order chi connectivity index (χ0) is 21.2. The molecule has 2 rings (SSSR count). The molecule has 0 bridgehead atoms. The summed E-state index contributed by atoms with van der Waals surface area (Å²) in [5.41, 5.74) is 4.86. The highest BCUT2D eigenvalue weighted by atomic mass is 127. The fourth-order valence-corrected chi connectivity index (χ4v) is 3.35. The van der Waals surface area contributed by atoms with Gasteiger partial charge in [0.2, 0.25) is 0 Å². The third kappa shape index (κ3) is 7.37. The molecule has 0 atom stereocenters. The Morgan fingerprint density at radius 3 is 2.47 bits per heavy atom. The second-order valence-electron chi connectivity index (χ2n) is 6.97. The molecule has 0 spiro atoms. The maximum Gasteiger partial charge on any atom is 0.190 e. The van der Waals surface area contributed by atoms with E-state index in [-0.39, 0.29) is 24.0 Å². The summed E-state index contributed by atoms with van der Waals surface area (Å²) in [4.78, 5) is 4.31. The zero-order valence-corrected chi connectivity index (χ0v) is 21.4. The quantitative estimate of drug-likeness (QED) is 0.214. The molecule has 0 saturated carbocycles. The second-order valence-corrected chi connectivity index (χ2v) is 6.97. The van der Waals surface area contributed by atoms with Crippen molar-refractivity contribution in [2.24, 2.45) is 12.0 Å². The van der Waals surface area contributed by atoms with Crippen LogP contribution in [0, 0.1) is 13.8 Å². The maximum atomic E-state index is 5.65. The predicted octanol–water partition coefficient (Wildman–Crippen LogP) is 3.40. The largest absolute Gasteiger partial charge is 0.493 e. The SMILES string of the molecule is CCOc1cc(CCCNC(=NC)NCCc2c(C)nn(C)c2C)ccc1OC.I. The molecule has 0 aliphatic carbocycles. The molecule has 1 heterocycles. The van der Waals surface area contributed by atoms with Crippen LogP contribution in [-0.4, -0.2) is 49.6 Å². The summed E-state index contributed by atoms with van der Waals surface area (Å²) in [5.74, 6) is 2.41. The minimum absolute atomic E-state index is 0. The molecule has 0 fully saturated rings. The summed E-state index contributed by atoms with van der Waals surface area (Å²) < 4.78 is 12.9. The van der Waals surface area contributed by atoms with Crippen LogP contribution in [0.2, 0.25) is 0 Å². The van der Waals surface area contributed by atoms with E-state index in [0.717, 1.165) is 55.5 Å². The van der Waals surface area contributed by atoms with Crippen LogP contribution in [0.1, 0.15) is 35.9 Å². The van der Waals surface area contributed by atoms with Crippen LogP contribution in [-0.2, 0) is 19.9 Å². The van der Waals surface area contributed by atoms with E-state index in [1.807, 2.05) is 24.7 Å². The summed E-state index contributed by atoms with van der Waals surface area (Å²) in [6.45, 7) is 8.45. The summed E-state index contributed by atoms with van der Waals surface area (Å²) >= 11 is 0. The molecule has 0 amide bonds. The molecular formula is C22H36IN5O2. The Balaban J connectivity index is 0.00000450. The molecular weight excluding hydrogens is 493 g/mol. The normalized spacial score (nSPS) is 11.1. The highest BCUT2D eigenvalue weighted by Gasteiger charge is 2.09. The van der Waals surface area contributed by atoms with Crippen LogP contribution in [0.5, 0.6) is 11.5 Å². The molecule has 0 unspecified atom stereocenters. The second kappa shape index (κ2) is 13.4. The fourth-order valence-electron chi connectivity index (χ4n) is 3.35. The molecule has 2 aromatic rings. The molecule has 1 aromatic heterocycles. The summed E-state index contributed by atoms with van der Waals surface area (Å²) in [7, 11) is 5.45. The van der Waals surface area contributed by atoms with Crippen LogP contribution in [0.4, 0.5) is 0 Å². The predicted molar refractivity (Wildman–Crippen MR) is 134 cm³/mol. The Kier molecular flexibility index (Phi) is 11.6. The van der Waals surface area contributed by atoms with E-state index in [2.05, 4.69) is 46.7 Å². The van der Waals surface area contributed by atoms with Gasteiger partial charge in [-0.15, -0.1) is 24.0 Å². The lowest BCUT2D eigenvalue weighted by atomic mass is 10.1. The fraction of sp³-hybridized carbons (Fsp3) is 0.545. The van der Waals surface area contributed by atoms with E-state index in [0.29, 0.717) is 6.61 Å². The first-order valence-electron chi connectivity index (χ1n) is 10.2. The van der Waals surface area contributed by atoms with Gasteiger partial charge >= 0.3 is 0 Å². The molecule has 0 aliphatic heterocycles. The van der Waals surface area contributed by atoms with Crippen molar-refractivity contribution in [3.05, 3.63) is 40.7 Å². The molecule has 7 nitrogen and oxygen atoms in total. The van der Waals surface area contributed by atoms with Gasteiger partial charge in [-0.05, 0) is 63.3 Å². The van der Waals surface area contributed by atoms with E-state index in [1.165, 1.54) is 16.8 Å².